The van der Waals surface area contributed by atoms with Crippen LogP contribution in [-0.2, 0) is 0 Å². The molecule has 3 aromatic carbocycles. The van der Waals surface area contributed by atoms with Crippen molar-refractivity contribution >= 4 is 27.2 Å². The standard InChI is InChI=1S/C38H43NO4/c1-20(2)24-11-25(21(3)4)14-28(13-24)32-18-30-17-31-19-33(29-15-26(22(5)6)12-27(16-29)23(7)8)43-38(41)35(31)36(39(9)10)34(30)37(40)42-32/h11-23H,1-10H3. The van der Waals surface area contributed by atoms with Crippen molar-refractivity contribution in [2.75, 3.05) is 19.0 Å². The molecule has 0 unspecified atom stereocenters. The Morgan fingerprint density at radius 1 is 0.488 bits per heavy atom. The number of fused-ring (bicyclic) bond motifs is 2. The molecular formula is C38H43NO4. The molecule has 0 spiro atoms. The zero-order valence-electron chi connectivity index (χ0n) is 27.1. The van der Waals surface area contributed by atoms with E-state index in [0.29, 0.717) is 51.7 Å². The SMILES string of the molecule is CC(C)c1cc(-c2cc3cc4cc(-c5cc(C(C)C)cc(C(C)C)c5)oc(=O)c4c(N(C)C)c3c(=O)o2)cc(C(C)C)c1. The van der Waals surface area contributed by atoms with E-state index in [4.69, 9.17) is 8.83 Å². The van der Waals surface area contributed by atoms with Gasteiger partial charge in [-0.25, -0.2) is 9.59 Å². The lowest BCUT2D eigenvalue weighted by molar-refractivity contribution is 0.533. The molecule has 0 atom stereocenters. The molecule has 0 bridgehead atoms. The number of benzene rings is 3. The minimum Gasteiger partial charge on any atom is -0.422 e. The Bertz CT molecular complexity index is 1770. The van der Waals surface area contributed by atoms with Crippen molar-refractivity contribution in [1.82, 2.24) is 0 Å². The van der Waals surface area contributed by atoms with E-state index in [1.807, 2.05) is 32.3 Å². The summed E-state index contributed by atoms with van der Waals surface area (Å²) in [6.07, 6.45) is 0. The van der Waals surface area contributed by atoms with Crippen LogP contribution in [0.25, 0.3) is 44.2 Å². The van der Waals surface area contributed by atoms with E-state index >= 15 is 0 Å². The van der Waals surface area contributed by atoms with E-state index < -0.39 is 11.3 Å². The van der Waals surface area contributed by atoms with Gasteiger partial charge in [0.05, 0.1) is 16.5 Å². The Hall–Kier alpha value is -4.12. The van der Waals surface area contributed by atoms with Gasteiger partial charge in [0.25, 0.3) is 0 Å². The van der Waals surface area contributed by atoms with Crippen LogP contribution in [0.3, 0.4) is 0 Å². The van der Waals surface area contributed by atoms with Gasteiger partial charge in [-0.3, -0.25) is 0 Å². The van der Waals surface area contributed by atoms with Crippen molar-refractivity contribution in [3.8, 4) is 22.6 Å². The molecular weight excluding hydrogens is 534 g/mol. The number of anilines is 1. The van der Waals surface area contributed by atoms with Crippen LogP contribution >= 0.6 is 0 Å². The van der Waals surface area contributed by atoms with Gasteiger partial charge >= 0.3 is 11.3 Å². The summed E-state index contributed by atoms with van der Waals surface area (Å²) in [7, 11) is 3.66. The van der Waals surface area contributed by atoms with Crippen LogP contribution in [0.15, 0.2) is 73.0 Å². The highest BCUT2D eigenvalue weighted by molar-refractivity contribution is 6.11. The normalized spacial score (nSPS) is 12.0. The maximum atomic E-state index is 13.7. The second-order valence-corrected chi connectivity index (χ2v) is 13.2. The van der Waals surface area contributed by atoms with Crippen molar-refractivity contribution in [2.45, 2.75) is 79.1 Å². The van der Waals surface area contributed by atoms with Crippen molar-refractivity contribution in [3.63, 3.8) is 0 Å². The van der Waals surface area contributed by atoms with Gasteiger partial charge in [-0.1, -0.05) is 67.5 Å². The molecule has 43 heavy (non-hydrogen) atoms. The van der Waals surface area contributed by atoms with Crippen molar-refractivity contribution in [3.05, 3.63) is 97.7 Å². The predicted octanol–water partition coefficient (Wildman–Crippen LogP) is 9.79. The van der Waals surface area contributed by atoms with E-state index in [1.165, 1.54) is 22.3 Å². The highest BCUT2D eigenvalue weighted by Gasteiger charge is 2.21. The minimum atomic E-state index is -0.478. The summed E-state index contributed by atoms with van der Waals surface area (Å²) in [6, 6.07) is 18.7. The summed E-state index contributed by atoms with van der Waals surface area (Å²) in [5, 5.41) is 2.18. The molecule has 2 heterocycles. The van der Waals surface area contributed by atoms with Crippen LogP contribution in [0.5, 0.6) is 0 Å². The van der Waals surface area contributed by atoms with E-state index in [9.17, 15) is 9.59 Å². The van der Waals surface area contributed by atoms with Crippen molar-refractivity contribution in [2.24, 2.45) is 0 Å². The summed E-state index contributed by atoms with van der Waals surface area (Å²) in [6.45, 7) is 17.3. The van der Waals surface area contributed by atoms with Crippen LogP contribution in [0.4, 0.5) is 5.69 Å². The van der Waals surface area contributed by atoms with Gasteiger partial charge in [0, 0.05) is 25.2 Å². The molecule has 5 aromatic rings. The Morgan fingerprint density at radius 2 is 0.814 bits per heavy atom. The summed E-state index contributed by atoms with van der Waals surface area (Å²) < 4.78 is 11.9. The fraction of sp³-hybridized carbons (Fsp3) is 0.368. The lowest BCUT2D eigenvalue weighted by Gasteiger charge is -2.19. The Morgan fingerprint density at radius 3 is 1.09 bits per heavy atom. The smallest absolute Gasteiger partial charge is 0.346 e. The first-order chi connectivity index (χ1) is 20.2. The molecule has 5 rings (SSSR count). The van der Waals surface area contributed by atoms with E-state index in [1.54, 1.807) is 4.90 Å². The largest absolute Gasteiger partial charge is 0.422 e. The third-order valence-electron chi connectivity index (χ3n) is 8.39. The molecule has 224 valence electrons. The zero-order valence-corrected chi connectivity index (χ0v) is 27.1. The number of hydrogen-bond donors (Lipinski definition) is 0. The summed E-state index contributed by atoms with van der Waals surface area (Å²) in [5.74, 6) is 2.35. The van der Waals surface area contributed by atoms with Gasteiger partial charge in [0.2, 0.25) is 0 Å². The maximum Gasteiger partial charge on any atom is 0.346 e. The molecule has 5 nitrogen and oxygen atoms in total. The average Bonchev–Trinajstić information content (AvgIpc) is 2.95. The maximum absolute atomic E-state index is 13.7. The molecule has 0 aliphatic heterocycles. The van der Waals surface area contributed by atoms with Crippen LogP contribution < -0.4 is 16.2 Å². The topological polar surface area (TPSA) is 63.7 Å². The Balaban J connectivity index is 1.81. The Labute approximate surface area is 254 Å². The average molecular weight is 578 g/mol. The second-order valence-electron chi connectivity index (χ2n) is 13.2. The lowest BCUT2D eigenvalue weighted by atomic mass is 9.91. The second kappa shape index (κ2) is 11.5. The molecule has 5 heteroatoms. The van der Waals surface area contributed by atoms with Crippen LogP contribution in [-0.4, -0.2) is 14.1 Å². The molecule has 0 aliphatic carbocycles. The van der Waals surface area contributed by atoms with Crippen LogP contribution in [0.2, 0.25) is 0 Å². The predicted molar refractivity (Wildman–Crippen MR) is 180 cm³/mol. The first-order valence-electron chi connectivity index (χ1n) is 15.3. The zero-order chi connectivity index (χ0) is 31.3. The lowest BCUT2D eigenvalue weighted by Crippen LogP contribution is -2.17. The molecule has 0 radical (unpaired) electrons. The molecule has 0 amide bonds. The highest BCUT2D eigenvalue weighted by Crippen LogP contribution is 2.37. The van der Waals surface area contributed by atoms with Crippen LogP contribution in [0.1, 0.15) is 101 Å². The van der Waals surface area contributed by atoms with Gasteiger partial charge < -0.3 is 13.7 Å². The third kappa shape index (κ3) is 5.78. The fourth-order valence-electron chi connectivity index (χ4n) is 5.71. The Kier molecular flexibility index (Phi) is 8.13. The number of nitrogens with zero attached hydrogens (tertiary/aromatic N) is 1. The first kappa shape index (κ1) is 30.3. The van der Waals surface area contributed by atoms with Crippen molar-refractivity contribution in [1.29, 1.82) is 0 Å². The summed E-state index contributed by atoms with van der Waals surface area (Å²) in [4.78, 5) is 29.1. The first-order valence-corrected chi connectivity index (χ1v) is 15.3. The molecule has 0 saturated heterocycles. The molecule has 0 fully saturated rings. The third-order valence-corrected chi connectivity index (χ3v) is 8.39. The molecule has 2 aromatic heterocycles. The highest BCUT2D eigenvalue weighted by atomic mass is 16.4. The number of hydrogen-bond acceptors (Lipinski definition) is 5. The monoisotopic (exact) mass is 577 g/mol. The van der Waals surface area contributed by atoms with Gasteiger partial charge in [-0.2, -0.15) is 0 Å². The number of rotatable bonds is 7. The quantitative estimate of drug-likeness (QED) is 0.180. The van der Waals surface area contributed by atoms with Crippen LogP contribution in [0, 0.1) is 0 Å². The molecule has 0 N–H and O–H groups in total. The van der Waals surface area contributed by atoms with E-state index in [2.05, 4.69) is 91.8 Å². The molecule has 0 saturated carbocycles. The summed E-state index contributed by atoms with van der Waals surface area (Å²) >= 11 is 0. The van der Waals surface area contributed by atoms with Gasteiger partial charge in [0.15, 0.2) is 0 Å². The van der Waals surface area contributed by atoms with E-state index in [-0.39, 0.29) is 0 Å². The van der Waals surface area contributed by atoms with Gasteiger partial charge in [0.1, 0.15) is 11.5 Å². The van der Waals surface area contributed by atoms with Gasteiger partial charge in [-0.05, 0) is 99.2 Å². The van der Waals surface area contributed by atoms with Crippen molar-refractivity contribution < 1.29 is 8.83 Å². The van der Waals surface area contributed by atoms with E-state index in [0.717, 1.165) is 21.9 Å². The minimum absolute atomic E-state index is 0.331. The van der Waals surface area contributed by atoms with Gasteiger partial charge in [-0.15, -0.1) is 0 Å². The summed E-state index contributed by atoms with van der Waals surface area (Å²) in [5.41, 5.74) is 6.09. The molecule has 0 aliphatic rings. The fourth-order valence-corrected chi connectivity index (χ4v) is 5.71.